The van der Waals surface area contributed by atoms with E-state index >= 15 is 0 Å². The number of thiol groups is 1. The highest BCUT2D eigenvalue weighted by molar-refractivity contribution is 8.16. The molecule has 0 saturated carbocycles. The van der Waals surface area contributed by atoms with Crippen LogP contribution in [0, 0.1) is 0 Å². The van der Waals surface area contributed by atoms with Crippen LogP contribution in [-0.4, -0.2) is 20.4 Å². The van der Waals surface area contributed by atoms with Gasteiger partial charge in [-0.15, -0.1) is 10.9 Å². The summed E-state index contributed by atoms with van der Waals surface area (Å²) in [6, 6.07) is 0. The van der Waals surface area contributed by atoms with Gasteiger partial charge < -0.3 is 14.7 Å². The lowest BCUT2D eigenvalue weighted by Crippen LogP contribution is -1.81. The van der Waals surface area contributed by atoms with Gasteiger partial charge in [0.25, 0.3) is 6.72 Å². The summed E-state index contributed by atoms with van der Waals surface area (Å²) >= 11 is 0. The molecule has 0 fully saturated rings. The SMILES string of the molecule is CCC[SH]=P(O)(O)O. The van der Waals surface area contributed by atoms with Crippen molar-refractivity contribution in [3.05, 3.63) is 0 Å². The summed E-state index contributed by atoms with van der Waals surface area (Å²) < 4.78 is 0. The minimum atomic E-state index is -3.46. The van der Waals surface area contributed by atoms with Gasteiger partial charge in [0.2, 0.25) is 0 Å². The van der Waals surface area contributed by atoms with E-state index in [1.807, 2.05) is 6.92 Å². The smallest absolute Gasteiger partial charge is 0.274 e. The van der Waals surface area contributed by atoms with Gasteiger partial charge in [0.05, 0.1) is 0 Å². The summed E-state index contributed by atoms with van der Waals surface area (Å²) in [5, 5.41) is 0. The normalized spacial score (nSPS) is 12.0. The molecule has 0 unspecified atom stereocenters. The zero-order valence-electron chi connectivity index (χ0n) is 4.65. The van der Waals surface area contributed by atoms with E-state index in [0.29, 0.717) is 16.7 Å². The Morgan fingerprint density at radius 3 is 2.00 bits per heavy atom. The molecule has 0 aromatic rings. The second kappa shape index (κ2) is 3.64. The Hall–Kier alpha value is 0.660. The van der Waals surface area contributed by atoms with Gasteiger partial charge in [0, 0.05) is 0 Å². The largest absolute Gasteiger partial charge is 0.329 e. The zero-order valence-corrected chi connectivity index (χ0v) is 6.44. The number of hydrogen-bond acceptors (Lipinski definition) is 0. The molecular formula is C3H11O3PS. The van der Waals surface area contributed by atoms with E-state index in [-0.39, 0.29) is 0 Å². The van der Waals surface area contributed by atoms with Gasteiger partial charge in [-0.2, -0.15) is 0 Å². The predicted octanol–water partition coefficient (Wildman–Crippen LogP) is -0.134. The quantitative estimate of drug-likeness (QED) is 0.334. The van der Waals surface area contributed by atoms with Gasteiger partial charge in [0.1, 0.15) is 0 Å². The van der Waals surface area contributed by atoms with Crippen LogP contribution in [0.15, 0.2) is 0 Å². The molecule has 0 rings (SSSR count). The Morgan fingerprint density at radius 2 is 1.88 bits per heavy atom. The van der Waals surface area contributed by atoms with E-state index in [1.54, 1.807) is 0 Å². The minimum absolute atomic E-state index is 0.365. The van der Waals surface area contributed by atoms with Gasteiger partial charge in [-0.3, -0.25) is 0 Å². The Kier molecular flexibility index (Phi) is 3.94. The first kappa shape index (κ1) is 8.66. The van der Waals surface area contributed by atoms with E-state index in [9.17, 15) is 0 Å². The highest BCUT2D eigenvalue weighted by atomic mass is 32.5. The fraction of sp³-hybridized carbons (Fsp3) is 1.00. The van der Waals surface area contributed by atoms with Crippen LogP contribution in [0.1, 0.15) is 13.3 Å². The maximum Gasteiger partial charge on any atom is 0.274 e. The van der Waals surface area contributed by atoms with Crippen LogP contribution in [0.3, 0.4) is 0 Å². The highest BCUT2D eigenvalue weighted by Crippen LogP contribution is 2.30. The summed E-state index contributed by atoms with van der Waals surface area (Å²) in [5.41, 5.74) is 0. The van der Waals surface area contributed by atoms with Gasteiger partial charge in [0.15, 0.2) is 0 Å². The van der Waals surface area contributed by atoms with E-state index in [0.717, 1.165) is 6.42 Å². The average Bonchev–Trinajstić information content (AvgIpc) is 1.59. The van der Waals surface area contributed by atoms with Crippen molar-refractivity contribution in [2.24, 2.45) is 0 Å². The predicted molar refractivity (Wildman–Crippen MR) is 37.5 cm³/mol. The third kappa shape index (κ3) is 6.66. The first-order valence-electron chi connectivity index (χ1n) is 2.32. The Labute approximate surface area is 52.2 Å². The lowest BCUT2D eigenvalue weighted by atomic mass is 10.6. The van der Waals surface area contributed by atoms with Gasteiger partial charge in [-0.1, -0.05) is 6.92 Å². The molecule has 0 amide bonds. The van der Waals surface area contributed by atoms with Crippen molar-refractivity contribution in [3.8, 4) is 0 Å². The molecule has 0 aliphatic carbocycles. The zero-order chi connectivity index (χ0) is 6.62. The van der Waals surface area contributed by atoms with E-state index in [1.165, 1.54) is 0 Å². The molecule has 0 radical (unpaired) electrons. The number of rotatable bonds is 2. The molecule has 0 heterocycles. The summed E-state index contributed by atoms with van der Waals surface area (Å²) in [6.07, 6.45) is 0.866. The molecule has 5 heteroatoms. The number of hydrogen-bond donors (Lipinski definition) is 4. The first-order valence-corrected chi connectivity index (χ1v) is 5.76. The molecule has 0 bridgehead atoms. The molecule has 3 N–H and O–H groups in total. The van der Waals surface area contributed by atoms with E-state index in [2.05, 4.69) is 0 Å². The molecule has 0 atom stereocenters. The van der Waals surface area contributed by atoms with Crippen molar-refractivity contribution in [2.75, 3.05) is 5.75 Å². The van der Waals surface area contributed by atoms with E-state index in [4.69, 9.17) is 14.7 Å². The Balaban J connectivity index is 3.58. The monoisotopic (exact) mass is 158 g/mol. The van der Waals surface area contributed by atoms with Crippen LogP contribution in [0.2, 0.25) is 0 Å². The van der Waals surface area contributed by atoms with Crippen LogP contribution >= 0.6 is 6.72 Å². The summed E-state index contributed by atoms with van der Waals surface area (Å²) in [6.45, 7) is -1.54. The fourth-order valence-electron chi connectivity index (χ4n) is 0.234. The first-order chi connectivity index (χ1) is 3.56. The Bertz CT molecular complexity index is 98.8. The van der Waals surface area contributed by atoms with Crippen molar-refractivity contribution in [1.82, 2.24) is 0 Å². The lowest BCUT2D eigenvalue weighted by molar-refractivity contribution is 0.363. The fourth-order valence-corrected chi connectivity index (χ4v) is 2.11. The molecule has 52 valence electrons. The molecule has 0 spiro atoms. The summed E-state index contributed by atoms with van der Waals surface area (Å²) in [5.74, 6) is 0.650. The third-order valence-electron chi connectivity index (χ3n) is 0.513. The van der Waals surface area contributed by atoms with Gasteiger partial charge >= 0.3 is 0 Å². The van der Waals surface area contributed by atoms with Crippen LogP contribution in [0.25, 0.3) is 0 Å². The van der Waals surface area contributed by atoms with Gasteiger partial charge in [-0.25, -0.2) is 0 Å². The van der Waals surface area contributed by atoms with Crippen LogP contribution in [0.5, 0.6) is 0 Å². The molecule has 0 aliphatic rings. The molecular weight excluding hydrogens is 147 g/mol. The average molecular weight is 158 g/mol. The minimum Gasteiger partial charge on any atom is -0.329 e. The van der Waals surface area contributed by atoms with Crippen molar-refractivity contribution in [2.45, 2.75) is 13.3 Å². The second-order valence-electron chi connectivity index (χ2n) is 1.40. The molecule has 8 heavy (non-hydrogen) atoms. The molecule has 0 aromatic heterocycles. The Morgan fingerprint density at radius 1 is 1.38 bits per heavy atom. The lowest BCUT2D eigenvalue weighted by Gasteiger charge is -1.99. The maximum absolute atomic E-state index is 8.36. The highest BCUT2D eigenvalue weighted by Gasteiger charge is 1.96. The van der Waals surface area contributed by atoms with Crippen LogP contribution < -0.4 is 0 Å². The topological polar surface area (TPSA) is 60.7 Å². The van der Waals surface area contributed by atoms with Crippen molar-refractivity contribution in [3.63, 3.8) is 0 Å². The molecule has 0 saturated heterocycles. The summed E-state index contributed by atoms with van der Waals surface area (Å²) in [7, 11) is 0.365. The van der Waals surface area contributed by atoms with Crippen molar-refractivity contribution in [1.29, 1.82) is 0 Å². The van der Waals surface area contributed by atoms with Crippen molar-refractivity contribution >= 4 is 17.7 Å². The van der Waals surface area contributed by atoms with Crippen molar-refractivity contribution < 1.29 is 14.7 Å². The maximum atomic E-state index is 8.36. The molecule has 0 aliphatic heterocycles. The third-order valence-corrected chi connectivity index (χ3v) is 3.28. The molecule has 3 nitrogen and oxygen atoms in total. The van der Waals surface area contributed by atoms with Crippen LogP contribution in [0.4, 0.5) is 0 Å². The van der Waals surface area contributed by atoms with Crippen LogP contribution in [-0.2, 0) is 10.9 Å². The second-order valence-corrected chi connectivity index (χ2v) is 5.66. The standard InChI is InChI=1S/C3H11O3PS/c1-2-3-8-7(4,5)6/h4-6,8H,2-3H2,1H3. The molecule has 0 aromatic carbocycles. The van der Waals surface area contributed by atoms with Gasteiger partial charge in [-0.05, 0) is 12.2 Å². The summed E-state index contributed by atoms with van der Waals surface area (Å²) in [4.78, 5) is 25.1. The van der Waals surface area contributed by atoms with E-state index < -0.39 is 6.72 Å².